The van der Waals surface area contributed by atoms with Crippen LogP contribution >= 0.6 is 0 Å². The molecule has 0 saturated carbocycles. The van der Waals surface area contributed by atoms with Crippen LogP contribution in [-0.2, 0) is 0 Å². The molecule has 0 saturated heterocycles. The fraction of sp³-hybridized carbons (Fsp3) is 0.0476. The summed E-state index contributed by atoms with van der Waals surface area (Å²) in [5, 5.41) is 8.61. The Labute approximate surface area is 140 Å². The Morgan fingerprint density at radius 1 is 0.750 bits per heavy atom. The summed E-state index contributed by atoms with van der Waals surface area (Å²) in [6.45, 7) is 0. The van der Waals surface area contributed by atoms with Crippen LogP contribution in [0.5, 0.6) is 0 Å². The molecule has 0 aliphatic carbocycles. The molecule has 4 aromatic rings. The zero-order chi connectivity index (χ0) is 16.2. The molecule has 1 atom stereocenters. The zero-order valence-corrected chi connectivity index (χ0v) is 13.0. The standard InChI is InChI=1S/C21H15N3/c1-3-9-17(10-4-1)15-16-20(18-11-5-2-6-12-18)24-21-14-8-7-13-19(21)22-23-24/h1-14,20H. The molecule has 3 nitrogen and oxygen atoms in total. The van der Waals surface area contributed by atoms with Crippen molar-refractivity contribution in [1.82, 2.24) is 15.0 Å². The molecule has 0 N–H and O–H groups in total. The number of para-hydroxylation sites is 1. The van der Waals surface area contributed by atoms with Gasteiger partial charge in [-0.1, -0.05) is 77.7 Å². The van der Waals surface area contributed by atoms with Crippen LogP contribution in [0.3, 0.4) is 0 Å². The maximum atomic E-state index is 4.35. The van der Waals surface area contributed by atoms with E-state index in [4.69, 9.17) is 0 Å². The maximum Gasteiger partial charge on any atom is 0.140 e. The van der Waals surface area contributed by atoms with Crippen LogP contribution in [0, 0.1) is 11.8 Å². The monoisotopic (exact) mass is 309 g/mol. The molecule has 114 valence electrons. The molecule has 0 bridgehead atoms. The van der Waals surface area contributed by atoms with Gasteiger partial charge < -0.3 is 0 Å². The van der Waals surface area contributed by atoms with Gasteiger partial charge in [0.15, 0.2) is 0 Å². The van der Waals surface area contributed by atoms with Crippen LogP contribution in [0.2, 0.25) is 0 Å². The van der Waals surface area contributed by atoms with Crippen molar-refractivity contribution in [2.45, 2.75) is 6.04 Å². The van der Waals surface area contributed by atoms with E-state index in [1.54, 1.807) is 0 Å². The first kappa shape index (κ1) is 14.2. The summed E-state index contributed by atoms with van der Waals surface area (Å²) in [6, 6.07) is 27.9. The van der Waals surface area contributed by atoms with E-state index in [-0.39, 0.29) is 6.04 Å². The van der Waals surface area contributed by atoms with E-state index in [1.165, 1.54) is 0 Å². The topological polar surface area (TPSA) is 30.7 Å². The van der Waals surface area contributed by atoms with Gasteiger partial charge in [0.05, 0.1) is 5.52 Å². The van der Waals surface area contributed by atoms with Gasteiger partial charge in [0.2, 0.25) is 0 Å². The summed E-state index contributed by atoms with van der Waals surface area (Å²) in [7, 11) is 0. The van der Waals surface area contributed by atoms with E-state index in [9.17, 15) is 0 Å². The Kier molecular flexibility index (Phi) is 3.79. The lowest BCUT2D eigenvalue weighted by molar-refractivity contribution is 0.617. The summed E-state index contributed by atoms with van der Waals surface area (Å²) in [6.07, 6.45) is 0. The highest BCUT2D eigenvalue weighted by Crippen LogP contribution is 2.21. The summed E-state index contributed by atoms with van der Waals surface area (Å²) in [4.78, 5) is 0. The van der Waals surface area contributed by atoms with Gasteiger partial charge in [0.1, 0.15) is 11.6 Å². The molecule has 0 amide bonds. The SMILES string of the molecule is C(#CC(c1ccccc1)n1nnc2ccccc21)c1ccccc1. The predicted molar refractivity (Wildman–Crippen MR) is 95.4 cm³/mol. The molecule has 1 aromatic heterocycles. The summed E-state index contributed by atoms with van der Waals surface area (Å²) >= 11 is 0. The number of nitrogens with zero attached hydrogens (tertiary/aromatic N) is 3. The van der Waals surface area contributed by atoms with Crippen LogP contribution in [0.25, 0.3) is 11.0 Å². The van der Waals surface area contributed by atoms with Crippen molar-refractivity contribution in [3.8, 4) is 11.8 Å². The second-order valence-corrected chi connectivity index (χ2v) is 5.47. The summed E-state index contributed by atoms with van der Waals surface area (Å²) in [5.74, 6) is 6.61. The lowest BCUT2D eigenvalue weighted by Gasteiger charge is -2.12. The number of benzene rings is 3. The van der Waals surface area contributed by atoms with Crippen LogP contribution < -0.4 is 0 Å². The summed E-state index contributed by atoms with van der Waals surface area (Å²) in [5.41, 5.74) is 3.94. The van der Waals surface area contributed by atoms with Crippen molar-refractivity contribution in [1.29, 1.82) is 0 Å². The first-order valence-corrected chi connectivity index (χ1v) is 7.83. The molecule has 0 aliphatic heterocycles. The van der Waals surface area contributed by atoms with Gasteiger partial charge in [0.25, 0.3) is 0 Å². The molecule has 0 radical (unpaired) electrons. The minimum absolute atomic E-state index is 0.182. The zero-order valence-electron chi connectivity index (χ0n) is 13.0. The fourth-order valence-corrected chi connectivity index (χ4v) is 2.67. The smallest absolute Gasteiger partial charge is 0.140 e. The van der Waals surface area contributed by atoms with Crippen molar-refractivity contribution in [2.75, 3.05) is 0 Å². The van der Waals surface area contributed by atoms with Gasteiger partial charge in [-0.05, 0) is 29.8 Å². The highest BCUT2D eigenvalue weighted by atomic mass is 15.4. The molecule has 4 rings (SSSR count). The molecule has 3 heteroatoms. The molecule has 0 aliphatic rings. The van der Waals surface area contributed by atoms with Crippen molar-refractivity contribution >= 4 is 11.0 Å². The van der Waals surface area contributed by atoms with Crippen LogP contribution in [0.4, 0.5) is 0 Å². The summed E-state index contributed by atoms with van der Waals surface area (Å²) < 4.78 is 1.89. The van der Waals surface area contributed by atoms with Crippen molar-refractivity contribution in [3.05, 3.63) is 96.1 Å². The Bertz CT molecular complexity index is 1010. The van der Waals surface area contributed by atoms with Crippen molar-refractivity contribution < 1.29 is 0 Å². The average Bonchev–Trinajstić information content (AvgIpc) is 3.08. The number of fused-ring (bicyclic) bond motifs is 1. The predicted octanol–water partition coefficient (Wildman–Crippen LogP) is 4.07. The fourth-order valence-electron chi connectivity index (χ4n) is 2.67. The second kappa shape index (κ2) is 6.39. The molecule has 1 heterocycles. The molecule has 24 heavy (non-hydrogen) atoms. The second-order valence-electron chi connectivity index (χ2n) is 5.47. The third-order valence-electron chi connectivity index (χ3n) is 3.86. The molecule has 0 fully saturated rings. The Morgan fingerprint density at radius 3 is 2.21 bits per heavy atom. The largest absolute Gasteiger partial charge is 0.225 e. The van der Waals surface area contributed by atoms with E-state index < -0.39 is 0 Å². The minimum Gasteiger partial charge on any atom is -0.225 e. The van der Waals surface area contributed by atoms with E-state index in [0.29, 0.717) is 0 Å². The first-order valence-electron chi connectivity index (χ1n) is 7.83. The Morgan fingerprint density at radius 2 is 1.42 bits per heavy atom. The lowest BCUT2D eigenvalue weighted by atomic mass is 10.1. The van der Waals surface area contributed by atoms with E-state index in [0.717, 1.165) is 22.2 Å². The van der Waals surface area contributed by atoms with Gasteiger partial charge >= 0.3 is 0 Å². The van der Waals surface area contributed by atoms with Gasteiger partial charge in [-0.3, -0.25) is 0 Å². The molecule has 1 unspecified atom stereocenters. The van der Waals surface area contributed by atoms with Crippen molar-refractivity contribution in [3.63, 3.8) is 0 Å². The quantitative estimate of drug-likeness (QED) is 0.523. The Balaban J connectivity index is 1.84. The first-order chi connectivity index (χ1) is 11.9. The normalized spacial score (nSPS) is 11.7. The van der Waals surface area contributed by atoms with Crippen LogP contribution in [0.15, 0.2) is 84.9 Å². The molecule has 0 spiro atoms. The molecular formula is C21H15N3. The minimum atomic E-state index is -0.182. The van der Waals surface area contributed by atoms with Gasteiger partial charge in [0, 0.05) is 5.56 Å². The van der Waals surface area contributed by atoms with E-state index >= 15 is 0 Å². The number of hydrogen-bond acceptors (Lipinski definition) is 2. The van der Waals surface area contributed by atoms with Gasteiger partial charge in [-0.15, -0.1) is 5.10 Å². The van der Waals surface area contributed by atoms with Crippen LogP contribution in [-0.4, -0.2) is 15.0 Å². The lowest BCUT2D eigenvalue weighted by Crippen LogP contribution is -2.10. The molecule has 3 aromatic carbocycles. The number of aromatic nitrogens is 3. The van der Waals surface area contributed by atoms with Crippen molar-refractivity contribution in [2.24, 2.45) is 0 Å². The molecular weight excluding hydrogens is 294 g/mol. The number of rotatable bonds is 2. The average molecular weight is 309 g/mol. The highest BCUT2D eigenvalue weighted by Gasteiger charge is 2.15. The number of hydrogen-bond donors (Lipinski definition) is 0. The van der Waals surface area contributed by atoms with E-state index in [2.05, 4.69) is 34.3 Å². The Hall–Kier alpha value is -3.38. The highest BCUT2D eigenvalue weighted by molar-refractivity contribution is 5.74. The van der Waals surface area contributed by atoms with Gasteiger partial charge in [-0.2, -0.15) is 0 Å². The van der Waals surface area contributed by atoms with Gasteiger partial charge in [-0.25, -0.2) is 4.68 Å². The third kappa shape index (κ3) is 2.78. The van der Waals surface area contributed by atoms with Crippen LogP contribution in [0.1, 0.15) is 17.2 Å². The third-order valence-corrected chi connectivity index (χ3v) is 3.86. The van der Waals surface area contributed by atoms with E-state index in [1.807, 2.05) is 77.5 Å². The maximum absolute atomic E-state index is 4.35.